The van der Waals surface area contributed by atoms with Gasteiger partial charge >= 0.3 is 11.9 Å². The minimum absolute atomic E-state index is 0.00778. The molecular formula is C30H42O5. The Kier molecular flexibility index (Phi) is 4.91. The van der Waals surface area contributed by atoms with Crippen molar-refractivity contribution in [3.63, 3.8) is 0 Å². The number of fused-ring (bicyclic) bond motifs is 6. The van der Waals surface area contributed by atoms with Crippen LogP contribution >= 0.6 is 0 Å². The van der Waals surface area contributed by atoms with Crippen molar-refractivity contribution in [2.45, 2.75) is 103 Å². The zero-order valence-corrected chi connectivity index (χ0v) is 21.9. The van der Waals surface area contributed by atoms with Crippen LogP contribution in [0.4, 0.5) is 0 Å². The Hall–Kier alpha value is -1.62. The molecule has 6 fully saturated rings. The monoisotopic (exact) mass is 482 g/mol. The van der Waals surface area contributed by atoms with Crippen molar-refractivity contribution in [3.05, 3.63) is 24.3 Å². The van der Waals surface area contributed by atoms with Crippen molar-refractivity contribution in [1.82, 2.24) is 0 Å². The predicted octanol–water partition coefficient (Wildman–Crippen LogP) is 5.37. The van der Waals surface area contributed by atoms with Crippen LogP contribution in [0.3, 0.4) is 0 Å². The molecule has 2 heterocycles. The molecule has 0 bridgehead atoms. The third kappa shape index (κ3) is 2.97. The Labute approximate surface area is 209 Å². The molecule has 5 nitrogen and oxygen atoms in total. The van der Waals surface area contributed by atoms with E-state index in [0.717, 1.165) is 38.5 Å². The second-order valence-corrected chi connectivity index (χ2v) is 14.0. The van der Waals surface area contributed by atoms with Gasteiger partial charge in [0.1, 0.15) is 12.2 Å². The Morgan fingerprint density at radius 3 is 1.91 bits per heavy atom. The van der Waals surface area contributed by atoms with E-state index in [2.05, 4.69) is 33.9 Å². The van der Waals surface area contributed by atoms with Gasteiger partial charge in [0.25, 0.3) is 0 Å². The Morgan fingerprint density at radius 2 is 1.29 bits per heavy atom. The van der Waals surface area contributed by atoms with Crippen molar-refractivity contribution in [3.8, 4) is 0 Å². The minimum Gasteiger partial charge on any atom is -0.458 e. The number of carbonyl (C=O) groups is 2. The van der Waals surface area contributed by atoms with E-state index in [1.54, 1.807) is 0 Å². The molecule has 5 heteroatoms. The first-order valence-electron chi connectivity index (χ1n) is 13.9. The summed E-state index contributed by atoms with van der Waals surface area (Å²) in [6, 6.07) is 0. The summed E-state index contributed by atoms with van der Waals surface area (Å²) >= 11 is 0. The maximum atomic E-state index is 12.7. The highest BCUT2D eigenvalue weighted by Crippen LogP contribution is 2.71. The lowest BCUT2D eigenvalue weighted by atomic mass is 9.38. The standard InChI is InChI=1S/C30H42O5/c1-16-18-8-13-27(3)11-7-12-28(4,23(27)21(18)34-25(16)31)20-10-15-30(6,33)24-22-19(9-14-29(20,24)5)17(2)26(32)35-22/h18-24,33H,1-2,7-15H2,3-6H3/t18-,19-,20+,21+,22+,23-,24-,27+,28+,29+,30-/m1/s1. The molecule has 0 aromatic carbocycles. The van der Waals surface area contributed by atoms with E-state index in [1.165, 1.54) is 12.8 Å². The summed E-state index contributed by atoms with van der Waals surface area (Å²) in [7, 11) is 0. The molecule has 1 N–H and O–H groups in total. The van der Waals surface area contributed by atoms with Crippen molar-refractivity contribution in [2.24, 2.45) is 45.8 Å². The Bertz CT molecular complexity index is 1010. The third-order valence-electron chi connectivity index (χ3n) is 12.2. The fourth-order valence-electron chi connectivity index (χ4n) is 10.9. The number of ether oxygens (including phenoxy) is 2. The van der Waals surface area contributed by atoms with E-state index >= 15 is 0 Å². The Balaban J connectivity index is 1.44. The van der Waals surface area contributed by atoms with Crippen LogP contribution in [0.2, 0.25) is 0 Å². The van der Waals surface area contributed by atoms with E-state index in [-0.39, 0.29) is 64.1 Å². The molecule has 11 atom stereocenters. The van der Waals surface area contributed by atoms with Crippen LogP contribution in [0.25, 0.3) is 0 Å². The maximum Gasteiger partial charge on any atom is 0.334 e. The zero-order chi connectivity index (χ0) is 25.1. The molecule has 6 aliphatic rings. The van der Waals surface area contributed by atoms with Gasteiger partial charge in [-0.15, -0.1) is 0 Å². The topological polar surface area (TPSA) is 72.8 Å². The predicted molar refractivity (Wildman–Crippen MR) is 132 cm³/mol. The average Bonchev–Trinajstić information content (AvgIpc) is 3.21. The van der Waals surface area contributed by atoms with Gasteiger partial charge in [0.15, 0.2) is 0 Å². The van der Waals surface area contributed by atoms with E-state index in [1.807, 2.05) is 6.92 Å². The summed E-state index contributed by atoms with van der Waals surface area (Å²) in [5, 5.41) is 11.8. The first-order valence-corrected chi connectivity index (χ1v) is 13.9. The molecule has 192 valence electrons. The number of hydrogen-bond acceptors (Lipinski definition) is 5. The lowest BCUT2D eigenvalue weighted by Crippen LogP contribution is -2.66. The summed E-state index contributed by atoms with van der Waals surface area (Å²) in [5.74, 6) is 0.146. The summed E-state index contributed by atoms with van der Waals surface area (Å²) in [6.07, 6.45) is 8.64. The van der Waals surface area contributed by atoms with Gasteiger partial charge in [0.05, 0.1) is 5.60 Å². The first kappa shape index (κ1) is 23.8. The Morgan fingerprint density at radius 1 is 0.743 bits per heavy atom. The maximum absolute atomic E-state index is 12.7. The van der Waals surface area contributed by atoms with Crippen LogP contribution in [0, 0.1) is 45.8 Å². The summed E-state index contributed by atoms with van der Waals surface area (Å²) in [4.78, 5) is 25.2. The first-order chi connectivity index (χ1) is 16.3. The smallest absolute Gasteiger partial charge is 0.334 e. The summed E-state index contributed by atoms with van der Waals surface area (Å²) in [6.45, 7) is 17.4. The van der Waals surface area contributed by atoms with Crippen LogP contribution < -0.4 is 0 Å². The highest BCUT2D eigenvalue weighted by atomic mass is 16.6. The van der Waals surface area contributed by atoms with Gasteiger partial charge in [-0.05, 0) is 80.5 Å². The number of hydrogen-bond donors (Lipinski definition) is 1. The van der Waals surface area contributed by atoms with Crippen molar-refractivity contribution < 1.29 is 24.2 Å². The molecule has 4 saturated carbocycles. The van der Waals surface area contributed by atoms with E-state index < -0.39 is 5.60 Å². The second kappa shape index (κ2) is 7.24. The van der Waals surface area contributed by atoms with Gasteiger partial charge in [0.2, 0.25) is 0 Å². The van der Waals surface area contributed by atoms with Gasteiger partial charge < -0.3 is 14.6 Å². The van der Waals surface area contributed by atoms with Gasteiger partial charge in [0, 0.05) is 34.8 Å². The molecule has 0 spiro atoms. The molecule has 0 amide bonds. The number of carbonyl (C=O) groups excluding carboxylic acids is 2. The van der Waals surface area contributed by atoms with Crippen LogP contribution in [0.5, 0.6) is 0 Å². The van der Waals surface area contributed by atoms with Crippen LogP contribution in [0.1, 0.15) is 85.5 Å². The molecule has 0 aromatic rings. The lowest BCUT2D eigenvalue weighted by molar-refractivity contribution is -0.240. The number of aliphatic hydroxyl groups is 1. The highest BCUT2D eigenvalue weighted by molar-refractivity contribution is 5.91. The molecule has 35 heavy (non-hydrogen) atoms. The van der Waals surface area contributed by atoms with Gasteiger partial charge in [-0.3, -0.25) is 0 Å². The van der Waals surface area contributed by atoms with Crippen molar-refractivity contribution in [1.29, 1.82) is 0 Å². The summed E-state index contributed by atoms with van der Waals surface area (Å²) in [5.41, 5.74) is 0.285. The normalized spacial score (nSPS) is 55.4. The fourth-order valence-corrected chi connectivity index (χ4v) is 10.9. The quantitative estimate of drug-likeness (QED) is 0.402. The van der Waals surface area contributed by atoms with E-state index in [4.69, 9.17) is 9.47 Å². The van der Waals surface area contributed by atoms with Crippen molar-refractivity contribution >= 4 is 11.9 Å². The minimum atomic E-state index is -0.892. The second-order valence-electron chi connectivity index (χ2n) is 14.0. The van der Waals surface area contributed by atoms with Crippen LogP contribution in [-0.2, 0) is 19.1 Å². The number of rotatable bonds is 1. The molecule has 0 radical (unpaired) electrons. The van der Waals surface area contributed by atoms with E-state index in [0.29, 0.717) is 23.5 Å². The van der Waals surface area contributed by atoms with Crippen LogP contribution in [-0.4, -0.2) is 34.9 Å². The average molecular weight is 483 g/mol. The molecule has 2 saturated heterocycles. The fraction of sp³-hybridized carbons (Fsp3) is 0.800. The molecular weight excluding hydrogens is 440 g/mol. The van der Waals surface area contributed by atoms with E-state index in [9.17, 15) is 14.7 Å². The molecule has 2 aliphatic heterocycles. The SMILES string of the molecule is C=C1C(=O)O[C@H]2[C@@H]1CC[C@]1(C)CCC[C@@](C)([C@@H]3CC[C@@](C)(O)[C@@H]4[C@H]5OC(=O)C(=C)[C@H]5CC[C@@]34C)[C@H]21. The molecule has 0 aromatic heterocycles. The lowest BCUT2D eigenvalue weighted by Gasteiger charge is -2.67. The number of esters is 2. The highest BCUT2D eigenvalue weighted by Gasteiger charge is 2.69. The molecule has 6 rings (SSSR count). The summed E-state index contributed by atoms with van der Waals surface area (Å²) < 4.78 is 12.1. The largest absolute Gasteiger partial charge is 0.458 e. The molecule has 4 aliphatic carbocycles. The third-order valence-corrected chi connectivity index (χ3v) is 12.2. The molecule has 0 unspecified atom stereocenters. The van der Waals surface area contributed by atoms with Gasteiger partial charge in [-0.2, -0.15) is 0 Å². The van der Waals surface area contributed by atoms with Gasteiger partial charge in [-0.25, -0.2) is 9.59 Å². The van der Waals surface area contributed by atoms with Crippen LogP contribution in [0.15, 0.2) is 24.3 Å². The zero-order valence-electron chi connectivity index (χ0n) is 21.9. The van der Waals surface area contributed by atoms with Crippen molar-refractivity contribution in [2.75, 3.05) is 0 Å². The van der Waals surface area contributed by atoms with Gasteiger partial charge in [-0.1, -0.05) is 40.3 Å².